The van der Waals surface area contributed by atoms with E-state index in [1.165, 1.54) is 28.7 Å². The third-order valence-corrected chi connectivity index (χ3v) is 5.70. The molecule has 28 heavy (non-hydrogen) atoms. The molecule has 2 aromatic heterocycles. The van der Waals surface area contributed by atoms with Gasteiger partial charge in [0.15, 0.2) is 0 Å². The quantitative estimate of drug-likeness (QED) is 0.513. The van der Waals surface area contributed by atoms with Crippen molar-refractivity contribution in [2.24, 2.45) is 5.73 Å². The van der Waals surface area contributed by atoms with Crippen molar-refractivity contribution in [3.05, 3.63) is 58.2 Å². The van der Waals surface area contributed by atoms with Crippen molar-refractivity contribution >= 4 is 52.1 Å². The number of carbonyl (C=O) groups excluding carboxylic acids is 2. The number of primary amides is 1. The summed E-state index contributed by atoms with van der Waals surface area (Å²) in [5, 5.41) is 11.9. The monoisotopic (exact) mass is 413 g/mol. The first kappa shape index (κ1) is 19.8. The Morgan fingerprint density at radius 1 is 1.29 bits per heavy atom. The number of aryl methyl sites for hydroxylation is 1. The summed E-state index contributed by atoms with van der Waals surface area (Å²) in [6, 6.07) is 9.62. The third kappa shape index (κ3) is 4.87. The molecule has 0 saturated heterocycles. The van der Waals surface area contributed by atoms with Crippen molar-refractivity contribution in [3.63, 3.8) is 0 Å². The molecule has 0 fully saturated rings. The van der Waals surface area contributed by atoms with Gasteiger partial charge in [0.25, 0.3) is 5.91 Å². The number of hydrogen-bond donors (Lipinski definition) is 3. The predicted molar refractivity (Wildman–Crippen MR) is 113 cm³/mol. The molecule has 0 aliphatic carbocycles. The minimum atomic E-state index is -0.573. The predicted octanol–water partition coefficient (Wildman–Crippen LogP) is 3.56. The Morgan fingerprint density at radius 3 is 2.82 bits per heavy atom. The van der Waals surface area contributed by atoms with Crippen LogP contribution in [0.2, 0.25) is 0 Å². The second kappa shape index (κ2) is 8.85. The van der Waals surface area contributed by atoms with Gasteiger partial charge in [0, 0.05) is 0 Å². The van der Waals surface area contributed by atoms with Crippen molar-refractivity contribution in [2.45, 2.75) is 24.3 Å². The fourth-order valence-corrected chi connectivity index (χ4v) is 3.88. The number of aromatic amines is 1. The van der Waals surface area contributed by atoms with E-state index in [1.54, 1.807) is 18.4 Å². The number of aromatic nitrogens is 3. The summed E-state index contributed by atoms with van der Waals surface area (Å²) in [5.41, 5.74) is 7.87. The molecule has 0 saturated carbocycles. The average molecular weight is 414 g/mol. The van der Waals surface area contributed by atoms with Gasteiger partial charge in [-0.2, -0.15) is 0 Å². The van der Waals surface area contributed by atoms with Gasteiger partial charge < -0.3 is 11.1 Å². The summed E-state index contributed by atoms with van der Waals surface area (Å²) in [4.78, 5) is 28.1. The zero-order valence-electron chi connectivity index (χ0n) is 15.3. The van der Waals surface area contributed by atoms with Crippen LogP contribution in [0.3, 0.4) is 0 Å². The summed E-state index contributed by atoms with van der Waals surface area (Å²) in [5.74, 6) is -0.222. The molecular weight excluding hydrogens is 394 g/mol. The molecule has 0 radical (unpaired) electrons. The van der Waals surface area contributed by atoms with E-state index in [0.29, 0.717) is 21.5 Å². The van der Waals surface area contributed by atoms with Crippen LogP contribution in [0.4, 0.5) is 5.00 Å². The molecule has 3 aromatic rings. The van der Waals surface area contributed by atoms with Gasteiger partial charge in [-0.1, -0.05) is 42.1 Å². The normalized spacial score (nSPS) is 12.2. The van der Waals surface area contributed by atoms with E-state index in [1.807, 2.05) is 43.3 Å². The molecule has 0 aliphatic heterocycles. The summed E-state index contributed by atoms with van der Waals surface area (Å²) in [6.07, 6.45) is 3.80. The van der Waals surface area contributed by atoms with Gasteiger partial charge in [0.05, 0.1) is 10.8 Å². The van der Waals surface area contributed by atoms with E-state index >= 15 is 0 Å². The Kier molecular flexibility index (Phi) is 6.27. The van der Waals surface area contributed by atoms with E-state index in [-0.39, 0.29) is 5.91 Å². The fraction of sp³-hybridized carbons (Fsp3) is 0.158. The Labute approximate surface area is 170 Å². The topological polar surface area (TPSA) is 114 Å². The Bertz CT molecular complexity index is 1020. The second-order valence-electron chi connectivity index (χ2n) is 5.97. The van der Waals surface area contributed by atoms with Crippen LogP contribution in [-0.4, -0.2) is 32.2 Å². The molecule has 7 nitrogen and oxygen atoms in total. The van der Waals surface area contributed by atoms with E-state index in [9.17, 15) is 9.59 Å². The van der Waals surface area contributed by atoms with Crippen LogP contribution in [0.15, 0.2) is 40.9 Å². The largest absolute Gasteiger partial charge is 0.366 e. The lowest BCUT2D eigenvalue weighted by Crippen LogP contribution is -2.23. The summed E-state index contributed by atoms with van der Waals surface area (Å²) < 4.78 is 0. The van der Waals surface area contributed by atoms with Crippen molar-refractivity contribution in [2.75, 3.05) is 5.32 Å². The number of amides is 2. The van der Waals surface area contributed by atoms with Crippen molar-refractivity contribution in [1.82, 2.24) is 15.2 Å². The highest BCUT2D eigenvalue weighted by atomic mass is 32.2. The molecule has 1 atom stereocenters. The number of nitrogens with zero attached hydrogens (tertiary/aromatic N) is 2. The smallest absolute Gasteiger partial charge is 0.251 e. The number of hydrogen-bond acceptors (Lipinski definition) is 6. The number of thiophene rings is 1. The Hall–Kier alpha value is -2.91. The molecule has 2 amide bonds. The van der Waals surface area contributed by atoms with E-state index in [2.05, 4.69) is 20.5 Å². The van der Waals surface area contributed by atoms with Crippen molar-refractivity contribution < 1.29 is 9.59 Å². The van der Waals surface area contributed by atoms with E-state index in [0.717, 1.165) is 5.56 Å². The van der Waals surface area contributed by atoms with Crippen molar-refractivity contribution in [1.29, 1.82) is 0 Å². The van der Waals surface area contributed by atoms with Gasteiger partial charge in [-0.25, -0.2) is 4.98 Å². The first-order chi connectivity index (χ1) is 13.4. The molecule has 1 aromatic carbocycles. The lowest BCUT2D eigenvalue weighted by Gasteiger charge is -2.09. The summed E-state index contributed by atoms with van der Waals surface area (Å²) in [6.45, 7) is 3.79. The van der Waals surface area contributed by atoms with Crippen LogP contribution in [-0.2, 0) is 4.79 Å². The average Bonchev–Trinajstić information content (AvgIpc) is 3.30. The summed E-state index contributed by atoms with van der Waals surface area (Å²) >= 11 is 2.47. The van der Waals surface area contributed by atoms with Gasteiger partial charge in [-0.3, -0.25) is 14.7 Å². The number of H-pyrrole nitrogens is 1. The zero-order chi connectivity index (χ0) is 20.1. The number of rotatable bonds is 7. The van der Waals surface area contributed by atoms with Gasteiger partial charge in [0.2, 0.25) is 11.1 Å². The second-order valence-corrected chi connectivity index (χ2v) is 8.19. The van der Waals surface area contributed by atoms with Gasteiger partial charge in [0.1, 0.15) is 10.8 Å². The molecule has 0 aliphatic rings. The molecular formula is C19H19N5O2S2. The number of anilines is 1. The highest BCUT2D eigenvalue weighted by Gasteiger charge is 2.19. The maximum absolute atomic E-state index is 12.4. The molecule has 0 spiro atoms. The van der Waals surface area contributed by atoms with E-state index < -0.39 is 11.2 Å². The molecule has 0 bridgehead atoms. The first-order valence-electron chi connectivity index (χ1n) is 8.45. The van der Waals surface area contributed by atoms with Crippen LogP contribution in [0.25, 0.3) is 12.2 Å². The number of nitrogens with one attached hydrogen (secondary N) is 2. The van der Waals surface area contributed by atoms with Crippen LogP contribution < -0.4 is 11.1 Å². The van der Waals surface area contributed by atoms with Gasteiger partial charge in [-0.15, -0.1) is 16.4 Å². The summed E-state index contributed by atoms with van der Waals surface area (Å²) in [7, 11) is 0. The molecule has 1 unspecified atom stereocenters. The standard InChI is InChI=1S/C19H19N5O2S2/c1-11-5-3-4-6-13(11)7-8-15-21-19(24-23-15)28-12(2)17(26)22-18-14(16(20)25)9-10-27-18/h3-10,12H,1-2H3,(H2,20,25)(H,22,26)(H,21,23,24)/b8-7+. The number of thioether (sulfide) groups is 1. The Morgan fingerprint density at radius 2 is 2.07 bits per heavy atom. The fourth-order valence-electron chi connectivity index (χ4n) is 2.35. The van der Waals surface area contributed by atoms with Gasteiger partial charge >= 0.3 is 0 Å². The zero-order valence-corrected chi connectivity index (χ0v) is 16.9. The number of carbonyl (C=O) groups is 2. The lowest BCUT2D eigenvalue weighted by molar-refractivity contribution is -0.115. The minimum Gasteiger partial charge on any atom is -0.366 e. The maximum Gasteiger partial charge on any atom is 0.251 e. The highest BCUT2D eigenvalue weighted by molar-refractivity contribution is 8.00. The van der Waals surface area contributed by atoms with Crippen LogP contribution >= 0.6 is 23.1 Å². The van der Waals surface area contributed by atoms with Crippen molar-refractivity contribution in [3.8, 4) is 0 Å². The van der Waals surface area contributed by atoms with Crippen LogP contribution in [0.5, 0.6) is 0 Å². The maximum atomic E-state index is 12.4. The van der Waals surface area contributed by atoms with Crippen LogP contribution in [0, 0.1) is 6.92 Å². The highest BCUT2D eigenvalue weighted by Crippen LogP contribution is 2.25. The minimum absolute atomic E-state index is 0.253. The third-order valence-electron chi connectivity index (χ3n) is 3.91. The SMILES string of the molecule is Cc1ccccc1/C=C/c1nc(SC(C)C(=O)Nc2sccc2C(N)=O)n[nH]1. The number of nitrogens with two attached hydrogens (primary N) is 1. The van der Waals surface area contributed by atoms with Gasteiger partial charge in [-0.05, 0) is 42.5 Å². The first-order valence-corrected chi connectivity index (χ1v) is 10.2. The number of benzene rings is 1. The Balaban J connectivity index is 1.61. The van der Waals surface area contributed by atoms with Crippen LogP contribution in [0.1, 0.15) is 34.2 Å². The molecule has 4 N–H and O–H groups in total. The molecule has 144 valence electrons. The van der Waals surface area contributed by atoms with E-state index in [4.69, 9.17) is 5.73 Å². The lowest BCUT2D eigenvalue weighted by atomic mass is 10.1. The molecule has 9 heteroatoms. The molecule has 2 heterocycles. The molecule has 3 rings (SSSR count).